The van der Waals surface area contributed by atoms with Crippen LogP contribution in [0.5, 0.6) is 0 Å². The minimum Gasteiger partial charge on any atom is -0.306 e. The highest BCUT2D eigenvalue weighted by Crippen LogP contribution is 2.57. The van der Waals surface area contributed by atoms with E-state index in [0.717, 1.165) is 56.0 Å². The van der Waals surface area contributed by atoms with Crippen LogP contribution in [-0.2, 0) is 0 Å². The van der Waals surface area contributed by atoms with Crippen molar-refractivity contribution >= 4 is 44.9 Å². The molecule has 6 aromatic rings. The highest BCUT2D eigenvalue weighted by atomic mass is 15.3. The second kappa shape index (κ2) is 8.96. The zero-order chi connectivity index (χ0) is 25.5. The molecule has 1 heterocycles. The molecule has 0 bridgehead atoms. The van der Waals surface area contributed by atoms with E-state index in [4.69, 9.17) is 0 Å². The first-order chi connectivity index (χ1) is 18.8. The maximum atomic E-state index is 10.0. The lowest BCUT2D eigenvalue weighted by Gasteiger charge is -2.41. The largest absolute Gasteiger partial charge is 0.306 e. The summed E-state index contributed by atoms with van der Waals surface area (Å²) in [6.45, 7) is 0. The molecule has 0 atom stereocenters. The molecule has 0 saturated carbocycles. The molecule has 0 N–H and O–H groups in total. The van der Waals surface area contributed by atoms with E-state index in [1.165, 1.54) is 0 Å². The number of hydrogen-bond acceptors (Lipinski definition) is 3. The maximum Gasteiger partial charge on any atom is 0.0998 e. The lowest BCUT2D eigenvalue weighted by atomic mass is 9.91. The summed E-state index contributed by atoms with van der Waals surface area (Å²) in [5.41, 5.74) is 9.37. The highest BCUT2D eigenvalue weighted by Gasteiger charge is 2.32. The van der Waals surface area contributed by atoms with E-state index >= 15 is 0 Å². The Bertz CT molecular complexity index is 1830. The van der Waals surface area contributed by atoms with Crippen LogP contribution in [0.1, 0.15) is 5.56 Å². The van der Waals surface area contributed by atoms with Crippen LogP contribution in [0.3, 0.4) is 0 Å². The predicted molar refractivity (Wildman–Crippen MR) is 157 cm³/mol. The molecule has 178 valence electrons. The number of anilines is 6. The van der Waals surface area contributed by atoms with Crippen LogP contribution in [-0.4, -0.2) is 0 Å². The van der Waals surface area contributed by atoms with E-state index in [9.17, 15) is 5.26 Å². The van der Waals surface area contributed by atoms with Gasteiger partial charge in [-0.15, -0.1) is 0 Å². The smallest absolute Gasteiger partial charge is 0.0998 e. The van der Waals surface area contributed by atoms with Crippen LogP contribution < -0.4 is 9.80 Å². The second-order valence-electron chi connectivity index (χ2n) is 9.33. The lowest BCUT2D eigenvalue weighted by Crippen LogP contribution is -2.24. The topological polar surface area (TPSA) is 30.3 Å². The first-order valence-electron chi connectivity index (χ1n) is 12.7. The molecule has 7 rings (SSSR count). The monoisotopic (exact) mass is 485 g/mol. The van der Waals surface area contributed by atoms with Gasteiger partial charge in [-0.25, -0.2) is 0 Å². The predicted octanol–water partition coefficient (Wildman–Crippen LogP) is 9.63. The molecular formula is C35H23N3. The van der Waals surface area contributed by atoms with Crippen LogP contribution in [0.2, 0.25) is 0 Å². The Balaban J connectivity index is 1.61. The van der Waals surface area contributed by atoms with E-state index in [2.05, 4.69) is 131 Å². The van der Waals surface area contributed by atoms with Crippen molar-refractivity contribution in [2.45, 2.75) is 0 Å². The summed E-state index contributed by atoms with van der Waals surface area (Å²) < 4.78 is 0. The summed E-state index contributed by atoms with van der Waals surface area (Å²) in [5.74, 6) is 0. The fraction of sp³-hybridized carbons (Fsp3) is 0. The third-order valence-corrected chi connectivity index (χ3v) is 7.19. The van der Waals surface area contributed by atoms with Crippen LogP contribution in [0.4, 0.5) is 34.1 Å². The van der Waals surface area contributed by atoms with Crippen molar-refractivity contribution in [2.24, 2.45) is 0 Å². The van der Waals surface area contributed by atoms with Gasteiger partial charge >= 0.3 is 0 Å². The fourth-order valence-corrected chi connectivity index (χ4v) is 5.62. The summed E-state index contributed by atoms with van der Waals surface area (Å²) >= 11 is 0. The van der Waals surface area contributed by atoms with Gasteiger partial charge in [-0.2, -0.15) is 5.26 Å². The zero-order valence-corrected chi connectivity index (χ0v) is 20.6. The molecule has 1 aliphatic rings. The maximum absolute atomic E-state index is 10.0. The highest BCUT2D eigenvalue weighted by molar-refractivity contribution is 6.10. The Morgan fingerprint density at radius 2 is 0.974 bits per heavy atom. The Morgan fingerprint density at radius 1 is 0.447 bits per heavy atom. The van der Waals surface area contributed by atoms with Gasteiger partial charge in [0.2, 0.25) is 0 Å². The van der Waals surface area contributed by atoms with E-state index < -0.39 is 0 Å². The quantitative estimate of drug-likeness (QED) is 0.250. The second-order valence-corrected chi connectivity index (χ2v) is 9.33. The molecule has 0 unspecified atom stereocenters. The van der Waals surface area contributed by atoms with Gasteiger partial charge in [0.1, 0.15) is 0 Å². The molecule has 0 amide bonds. The normalized spacial score (nSPS) is 12.1. The Kier molecular flexibility index (Phi) is 5.17. The first-order valence-corrected chi connectivity index (χ1v) is 12.7. The van der Waals surface area contributed by atoms with Crippen molar-refractivity contribution < 1.29 is 0 Å². The number of hydrogen-bond donors (Lipinski definition) is 0. The summed E-state index contributed by atoms with van der Waals surface area (Å²) in [7, 11) is 0. The molecule has 1 aliphatic heterocycles. The summed E-state index contributed by atoms with van der Waals surface area (Å²) in [4.78, 5) is 4.69. The van der Waals surface area contributed by atoms with E-state index in [-0.39, 0.29) is 0 Å². The molecule has 3 heteroatoms. The molecule has 0 spiro atoms. The van der Waals surface area contributed by atoms with Crippen LogP contribution >= 0.6 is 0 Å². The van der Waals surface area contributed by atoms with Crippen LogP contribution in [0.25, 0.3) is 21.9 Å². The number of nitriles is 1. The van der Waals surface area contributed by atoms with Crippen molar-refractivity contribution in [3.8, 4) is 17.2 Å². The van der Waals surface area contributed by atoms with Gasteiger partial charge < -0.3 is 9.80 Å². The summed E-state index contributed by atoms with van der Waals surface area (Å²) in [5, 5.41) is 12.1. The summed E-state index contributed by atoms with van der Waals surface area (Å²) in [6.07, 6.45) is 0. The van der Waals surface area contributed by atoms with Crippen molar-refractivity contribution in [1.29, 1.82) is 5.26 Å². The van der Waals surface area contributed by atoms with Crippen molar-refractivity contribution in [1.82, 2.24) is 0 Å². The third-order valence-electron chi connectivity index (χ3n) is 7.19. The molecule has 0 fully saturated rings. The SMILES string of the molecule is N#Cc1cccc2cccc(-c3cccc4c3N(c3ccccc3)c3ccccc3N4c3ccccc3)c12. The number of benzene rings is 6. The Morgan fingerprint density at radius 3 is 1.66 bits per heavy atom. The lowest BCUT2D eigenvalue weighted by molar-refractivity contribution is 1.17. The molecule has 0 saturated heterocycles. The minimum absolute atomic E-state index is 0.679. The van der Waals surface area contributed by atoms with Crippen LogP contribution in [0.15, 0.2) is 140 Å². The molecule has 6 aromatic carbocycles. The van der Waals surface area contributed by atoms with Gasteiger partial charge in [-0.1, -0.05) is 91.0 Å². The summed E-state index contributed by atoms with van der Waals surface area (Å²) in [6, 6.07) is 50.7. The molecule has 0 radical (unpaired) electrons. The molecular weight excluding hydrogens is 462 g/mol. The first kappa shape index (κ1) is 21.9. The van der Waals surface area contributed by atoms with Crippen molar-refractivity contribution in [2.75, 3.05) is 9.80 Å². The van der Waals surface area contributed by atoms with Gasteiger partial charge in [-0.3, -0.25) is 0 Å². The van der Waals surface area contributed by atoms with Crippen molar-refractivity contribution in [3.05, 3.63) is 145 Å². The van der Waals surface area contributed by atoms with Gasteiger partial charge in [0.25, 0.3) is 0 Å². The van der Waals surface area contributed by atoms with E-state index in [1.54, 1.807) is 0 Å². The zero-order valence-electron chi connectivity index (χ0n) is 20.6. The van der Waals surface area contributed by atoms with Crippen LogP contribution in [0, 0.1) is 11.3 Å². The standard InChI is InChI=1S/C35H23N3/c36-24-26-14-9-12-25-13-10-19-29(34(25)26)30-20-11-23-33-35(30)38(28-17-5-2-6-18-28)32-22-8-7-21-31(32)37(33)27-15-3-1-4-16-27/h1-23H. The number of para-hydroxylation sites is 5. The Hall–Kier alpha value is -5.33. The Labute approximate surface area is 222 Å². The average Bonchev–Trinajstić information content (AvgIpc) is 2.99. The van der Waals surface area contributed by atoms with E-state index in [1.807, 2.05) is 24.3 Å². The van der Waals surface area contributed by atoms with Gasteiger partial charge in [0.15, 0.2) is 0 Å². The molecule has 38 heavy (non-hydrogen) atoms. The van der Waals surface area contributed by atoms with E-state index in [0.29, 0.717) is 5.56 Å². The fourth-order valence-electron chi connectivity index (χ4n) is 5.62. The number of rotatable bonds is 3. The van der Waals surface area contributed by atoms with Gasteiger partial charge in [-0.05, 0) is 59.5 Å². The minimum atomic E-state index is 0.679. The number of fused-ring (bicyclic) bond motifs is 3. The molecule has 0 aliphatic carbocycles. The third kappa shape index (κ3) is 3.36. The molecule has 0 aromatic heterocycles. The van der Waals surface area contributed by atoms with Gasteiger partial charge in [0, 0.05) is 22.3 Å². The molecule has 3 nitrogen and oxygen atoms in total. The average molecular weight is 486 g/mol. The van der Waals surface area contributed by atoms with Gasteiger partial charge in [0.05, 0.1) is 34.4 Å². The number of nitrogens with zero attached hydrogens (tertiary/aromatic N) is 3. The van der Waals surface area contributed by atoms with Crippen molar-refractivity contribution in [3.63, 3.8) is 0 Å².